The van der Waals surface area contributed by atoms with Crippen molar-refractivity contribution >= 4 is 6.29 Å². The molecule has 0 spiro atoms. The van der Waals surface area contributed by atoms with Gasteiger partial charge in [-0.25, -0.2) is 0 Å². The fourth-order valence-corrected chi connectivity index (χ4v) is 0.933. The average molecular weight is 149 g/mol. The Bertz CT molecular complexity index is 220. The largest absolute Gasteiger partial charge is 0.303 e. The van der Waals surface area contributed by atoms with E-state index in [2.05, 4.69) is 4.98 Å². The number of rotatable bonds is 3. The number of hydrogen-bond acceptors (Lipinski definition) is 2. The van der Waals surface area contributed by atoms with E-state index in [1.165, 1.54) is 0 Å². The van der Waals surface area contributed by atoms with Gasteiger partial charge < -0.3 is 4.79 Å². The highest BCUT2D eigenvalue weighted by Gasteiger charge is 2.03. The van der Waals surface area contributed by atoms with Crippen LogP contribution in [0.2, 0.25) is 0 Å². The molecule has 0 saturated heterocycles. The lowest BCUT2D eigenvalue weighted by atomic mass is 10.0. The van der Waals surface area contributed by atoms with Crippen LogP contribution in [0.1, 0.15) is 25.0 Å². The van der Waals surface area contributed by atoms with Crippen LogP contribution in [-0.2, 0) is 4.79 Å². The Hall–Kier alpha value is -1.18. The number of nitrogens with zero attached hydrogens (tertiary/aromatic N) is 1. The highest BCUT2D eigenvalue weighted by molar-refractivity contribution is 5.51. The first-order valence-electron chi connectivity index (χ1n) is 3.69. The third-order valence-corrected chi connectivity index (χ3v) is 1.64. The van der Waals surface area contributed by atoms with Gasteiger partial charge in [0.15, 0.2) is 0 Å². The van der Waals surface area contributed by atoms with Gasteiger partial charge in [-0.1, -0.05) is 13.0 Å². The zero-order chi connectivity index (χ0) is 8.10. The Balaban J connectivity index is 2.68. The van der Waals surface area contributed by atoms with E-state index >= 15 is 0 Å². The summed E-state index contributed by atoms with van der Waals surface area (Å²) in [7, 11) is 0. The second kappa shape index (κ2) is 3.86. The second-order valence-corrected chi connectivity index (χ2v) is 2.56. The fourth-order valence-electron chi connectivity index (χ4n) is 0.933. The van der Waals surface area contributed by atoms with Crippen LogP contribution in [0.4, 0.5) is 0 Å². The maximum absolute atomic E-state index is 10.2. The van der Waals surface area contributed by atoms with Gasteiger partial charge in [0.25, 0.3) is 0 Å². The maximum Gasteiger partial charge on any atom is 0.120 e. The minimum Gasteiger partial charge on any atom is -0.303 e. The molecular weight excluding hydrogens is 138 g/mol. The van der Waals surface area contributed by atoms with E-state index in [1.54, 1.807) is 6.20 Å². The molecule has 2 heteroatoms. The van der Waals surface area contributed by atoms with E-state index in [-0.39, 0.29) is 5.92 Å². The van der Waals surface area contributed by atoms with E-state index in [4.69, 9.17) is 0 Å². The summed E-state index contributed by atoms with van der Waals surface area (Å²) in [5.74, 6) is 0.244. The number of carbonyl (C=O) groups excluding carboxylic acids is 1. The third-order valence-electron chi connectivity index (χ3n) is 1.64. The van der Waals surface area contributed by atoms with Crippen molar-refractivity contribution in [2.75, 3.05) is 0 Å². The molecule has 0 saturated carbocycles. The van der Waals surface area contributed by atoms with Gasteiger partial charge in [0.2, 0.25) is 0 Å². The smallest absolute Gasteiger partial charge is 0.120 e. The first-order chi connectivity index (χ1) is 5.34. The van der Waals surface area contributed by atoms with Crippen LogP contribution in [0.15, 0.2) is 24.4 Å². The van der Waals surface area contributed by atoms with Crippen LogP contribution in [0, 0.1) is 0 Å². The number of carbonyl (C=O) groups is 1. The number of aromatic nitrogens is 1. The quantitative estimate of drug-likeness (QED) is 0.613. The van der Waals surface area contributed by atoms with Crippen LogP contribution in [0.5, 0.6) is 0 Å². The molecule has 1 aromatic rings. The molecule has 1 unspecified atom stereocenters. The van der Waals surface area contributed by atoms with Crippen molar-refractivity contribution in [3.05, 3.63) is 30.1 Å². The highest BCUT2D eigenvalue weighted by atomic mass is 16.1. The maximum atomic E-state index is 10.2. The molecule has 1 atom stereocenters. The van der Waals surface area contributed by atoms with Gasteiger partial charge in [-0.15, -0.1) is 0 Å². The normalized spacial score (nSPS) is 12.5. The number of pyridine rings is 1. The Kier molecular flexibility index (Phi) is 2.78. The van der Waals surface area contributed by atoms with E-state index in [9.17, 15) is 4.79 Å². The summed E-state index contributed by atoms with van der Waals surface area (Å²) in [6.07, 6.45) is 3.23. The van der Waals surface area contributed by atoms with Crippen LogP contribution in [0.25, 0.3) is 0 Å². The van der Waals surface area contributed by atoms with Gasteiger partial charge >= 0.3 is 0 Å². The van der Waals surface area contributed by atoms with Gasteiger partial charge in [-0.2, -0.15) is 0 Å². The molecule has 0 aliphatic carbocycles. The molecule has 11 heavy (non-hydrogen) atoms. The van der Waals surface area contributed by atoms with Gasteiger partial charge in [-0.05, 0) is 12.1 Å². The summed E-state index contributed by atoms with van der Waals surface area (Å²) in [5, 5.41) is 0. The molecule has 0 aromatic carbocycles. The molecule has 0 aliphatic rings. The molecule has 1 heterocycles. The molecule has 0 aliphatic heterocycles. The second-order valence-electron chi connectivity index (χ2n) is 2.56. The topological polar surface area (TPSA) is 30.0 Å². The van der Waals surface area contributed by atoms with Gasteiger partial charge in [-0.3, -0.25) is 4.98 Å². The predicted octanol–water partition coefficient (Wildman–Crippen LogP) is 1.77. The third kappa shape index (κ3) is 2.15. The Morgan fingerprint density at radius 2 is 2.45 bits per heavy atom. The Morgan fingerprint density at radius 1 is 1.64 bits per heavy atom. The molecule has 58 valence electrons. The standard InChI is InChI=1S/C9H11NO/c1-8(5-7-11)9-4-2-3-6-10-9/h2-4,6-8H,5H2,1H3. The molecule has 0 fully saturated rings. The molecule has 0 radical (unpaired) electrons. The van der Waals surface area contributed by atoms with Crippen molar-refractivity contribution in [2.45, 2.75) is 19.3 Å². The summed E-state index contributed by atoms with van der Waals surface area (Å²) < 4.78 is 0. The lowest BCUT2D eigenvalue weighted by Crippen LogP contribution is -1.96. The van der Waals surface area contributed by atoms with Crippen molar-refractivity contribution < 1.29 is 4.79 Å². The van der Waals surface area contributed by atoms with Crippen molar-refractivity contribution in [3.8, 4) is 0 Å². The fraction of sp³-hybridized carbons (Fsp3) is 0.333. The minimum atomic E-state index is 0.244. The van der Waals surface area contributed by atoms with E-state index in [0.717, 1.165) is 12.0 Å². The Morgan fingerprint density at radius 3 is 3.00 bits per heavy atom. The molecular formula is C9H11NO. The number of aldehydes is 1. The zero-order valence-electron chi connectivity index (χ0n) is 6.53. The first kappa shape index (κ1) is 7.92. The summed E-state index contributed by atoms with van der Waals surface area (Å²) in [5.41, 5.74) is 0.986. The first-order valence-corrected chi connectivity index (χ1v) is 3.69. The zero-order valence-corrected chi connectivity index (χ0v) is 6.53. The average Bonchev–Trinajstić information content (AvgIpc) is 2.07. The highest BCUT2D eigenvalue weighted by Crippen LogP contribution is 2.13. The lowest BCUT2D eigenvalue weighted by Gasteiger charge is -2.04. The van der Waals surface area contributed by atoms with Crippen molar-refractivity contribution in [1.29, 1.82) is 0 Å². The summed E-state index contributed by atoms with van der Waals surface area (Å²) in [4.78, 5) is 14.3. The monoisotopic (exact) mass is 149 g/mol. The molecule has 1 aromatic heterocycles. The van der Waals surface area contributed by atoms with Crippen molar-refractivity contribution in [1.82, 2.24) is 4.98 Å². The van der Waals surface area contributed by atoms with Crippen LogP contribution >= 0.6 is 0 Å². The lowest BCUT2D eigenvalue weighted by molar-refractivity contribution is -0.108. The number of hydrogen-bond donors (Lipinski definition) is 0. The molecule has 0 bridgehead atoms. The van der Waals surface area contributed by atoms with Crippen LogP contribution in [0.3, 0.4) is 0 Å². The van der Waals surface area contributed by atoms with Crippen LogP contribution < -0.4 is 0 Å². The summed E-state index contributed by atoms with van der Waals surface area (Å²) >= 11 is 0. The SMILES string of the molecule is CC(CC=O)c1ccccn1. The Labute approximate surface area is 66.3 Å². The van der Waals surface area contributed by atoms with E-state index in [1.807, 2.05) is 25.1 Å². The van der Waals surface area contributed by atoms with E-state index in [0.29, 0.717) is 6.42 Å². The van der Waals surface area contributed by atoms with Gasteiger partial charge in [0.1, 0.15) is 6.29 Å². The van der Waals surface area contributed by atoms with Crippen molar-refractivity contribution in [2.24, 2.45) is 0 Å². The van der Waals surface area contributed by atoms with Gasteiger partial charge in [0, 0.05) is 24.2 Å². The van der Waals surface area contributed by atoms with Crippen LogP contribution in [-0.4, -0.2) is 11.3 Å². The van der Waals surface area contributed by atoms with Crippen molar-refractivity contribution in [3.63, 3.8) is 0 Å². The molecule has 1 rings (SSSR count). The molecule has 0 N–H and O–H groups in total. The van der Waals surface area contributed by atoms with Gasteiger partial charge in [0.05, 0.1) is 0 Å². The van der Waals surface area contributed by atoms with E-state index < -0.39 is 0 Å². The summed E-state index contributed by atoms with van der Waals surface area (Å²) in [6, 6.07) is 5.74. The summed E-state index contributed by atoms with van der Waals surface area (Å²) in [6.45, 7) is 2.00. The molecule has 2 nitrogen and oxygen atoms in total. The predicted molar refractivity (Wildman–Crippen MR) is 43.3 cm³/mol. The molecule has 0 amide bonds. The minimum absolute atomic E-state index is 0.244.